The summed E-state index contributed by atoms with van der Waals surface area (Å²) in [5, 5.41) is 0. The molecule has 0 radical (unpaired) electrons. The van der Waals surface area contributed by atoms with Crippen LogP contribution in [-0.2, 0) is 11.0 Å². The predicted octanol–water partition coefficient (Wildman–Crippen LogP) is 1.33. The van der Waals surface area contributed by atoms with E-state index in [2.05, 4.69) is 0 Å². The molecule has 0 bridgehead atoms. The number of carbonyl (C=O) groups excluding carboxylic acids is 1. The van der Waals surface area contributed by atoms with Crippen molar-refractivity contribution in [1.82, 2.24) is 0 Å². The van der Waals surface area contributed by atoms with Gasteiger partial charge in [-0.2, -0.15) is 13.2 Å². The standard InChI is InChI=1S/C9H8F4N2O/c10-6-2-4(7(14)8(15)16)1-5(3-6)9(11,12)13/h1-3,7H,14H2,(H2,15,16). The fraction of sp³-hybridized carbons (Fsp3) is 0.222. The molecule has 0 saturated heterocycles. The molecule has 7 heteroatoms. The molecule has 0 heterocycles. The topological polar surface area (TPSA) is 69.1 Å². The molecule has 0 spiro atoms. The van der Waals surface area contributed by atoms with E-state index in [4.69, 9.17) is 11.5 Å². The number of hydrogen-bond acceptors (Lipinski definition) is 2. The lowest BCUT2D eigenvalue weighted by Gasteiger charge is -2.12. The minimum atomic E-state index is -4.70. The summed E-state index contributed by atoms with van der Waals surface area (Å²) >= 11 is 0. The number of hydrogen-bond donors (Lipinski definition) is 2. The van der Waals surface area contributed by atoms with E-state index in [-0.39, 0.29) is 5.56 Å². The maximum atomic E-state index is 12.9. The molecular weight excluding hydrogens is 228 g/mol. The van der Waals surface area contributed by atoms with E-state index in [1.165, 1.54) is 0 Å². The Balaban J connectivity index is 3.23. The van der Waals surface area contributed by atoms with Gasteiger partial charge in [0.25, 0.3) is 0 Å². The number of halogens is 4. The van der Waals surface area contributed by atoms with Crippen molar-refractivity contribution in [3.8, 4) is 0 Å². The lowest BCUT2D eigenvalue weighted by atomic mass is 10.0. The summed E-state index contributed by atoms with van der Waals surface area (Å²) in [6.07, 6.45) is -4.70. The minimum Gasteiger partial charge on any atom is -0.368 e. The molecule has 1 atom stereocenters. The van der Waals surface area contributed by atoms with Crippen molar-refractivity contribution in [3.05, 3.63) is 35.1 Å². The third kappa shape index (κ3) is 2.69. The average molecular weight is 236 g/mol. The van der Waals surface area contributed by atoms with Crippen LogP contribution in [0.5, 0.6) is 0 Å². The predicted molar refractivity (Wildman–Crippen MR) is 47.5 cm³/mol. The van der Waals surface area contributed by atoms with E-state index in [1.807, 2.05) is 0 Å². The van der Waals surface area contributed by atoms with Crippen LogP contribution >= 0.6 is 0 Å². The van der Waals surface area contributed by atoms with Gasteiger partial charge in [-0.1, -0.05) is 0 Å². The van der Waals surface area contributed by atoms with Crippen molar-refractivity contribution in [2.24, 2.45) is 11.5 Å². The van der Waals surface area contributed by atoms with Gasteiger partial charge in [-0.05, 0) is 23.8 Å². The zero-order chi connectivity index (χ0) is 12.5. The van der Waals surface area contributed by atoms with Crippen molar-refractivity contribution in [2.75, 3.05) is 0 Å². The molecule has 0 aliphatic heterocycles. The van der Waals surface area contributed by atoms with Crippen LogP contribution in [0.1, 0.15) is 17.2 Å². The van der Waals surface area contributed by atoms with E-state index in [0.717, 1.165) is 6.07 Å². The van der Waals surface area contributed by atoms with E-state index < -0.39 is 29.5 Å². The van der Waals surface area contributed by atoms with E-state index in [9.17, 15) is 22.4 Å². The summed E-state index contributed by atoms with van der Waals surface area (Å²) < 4.78 is 49.7. The van der Waals surface area contributed by atoms with Crippen LogP contribution in [0.3, 0.4) is 0 Å². The van der Waals surface area contributed by atoms with E-state index in [1.54, 1.807) is 0 Å². The summed E-state index contributed by atoms with van der Waals surface area (Å²) in [6.45, 7) is 0. The van der Waals surface area contributed by atoms with Gasteiger partial charge in [0.2, 0.25) is 5.91 Å². The molecule has 3 nitrogen and oxygen atoms in total. The number of carbonyl (C=O) groups is 1. The van der Waals surface area contributed by atoms with Gasteiger partial charge in [-0.15, -0.1) is 0 Å². The maximum absolute atomic E-state index is 12.9. The Morgan fingerprint density at radius 3 is 2.25 bits per heavy atom. The third-order valence-electron chi connectivity index (χ3n) is 1.91. The second-order valence-corrected chi connectivity index (χ2v) is 3.15. The van der Waals surface area contributed by atoms with Gasteiger partial charge in [-0.25, -0.2) is 4.39 Å². The summed E-state index contributed by atoms with van der Waals surface area (Å²) in [5.74, 6) is -2.15. The van der Waals surface area contributed by atoms with Gasteiger partial charge < -0.3 is 11.5 Å². The number of amides is 1. The highest BCUT2D eigenvalue weighted by Gasteiger charge is 2.32. The normalized spacial score (nSPS) is 13.6. The van der Waals surface area contributed by atoms with Crippen molar-refractivity contribution < 1.29 is 22.4 Å². The molecule has 0 saturated carbocycles. The van der Waals surface area contributed by atoms with Crippen molar-refractivity contribution in [1.29, 1.82) is 0 Å². The molecular formula is C9H8F4N2O. The second-order valence-electron chi connectivity index (χ2n) is 3.15. The van der Waals surface area contributed by atoms with Crippen molar-refractivity contribution in [2.45, 2.75) is 12.2 Å². The van der Waals surface area contributed by atoms with Crippen molar-refractivity contribution in [3.63, 3.8) is 0 Å². The molecule has 0 fully saturated rings. The third-order valence-corrected chi connectivity index (χ3v) is 1.91. The Labute approximate surface area is 88.0 Å². The van der Waals surface area contributed by atoms with Crippen LogP contribution < -0.4 is 11.5 Å². The molecule has 1 rings (SSSR count). The van der Waals surface area contributed by atoms with E-state index in [0.29, 0.717) is 12.1 Å². The molecule has 1 aromatic carbocycles. The first-order chi connectivity index (χ1) is 7.21. The molecule has 1 unspecified atom stereocenters. The number of primary amides is 1. The van der Waals surface area contributed by atoms with Gasteiger partial charge in [0, 0.05) is 0 Å². The molecule has 0 aliphatic carbocycles. The second kappa shape index (κ2) is 4.09. The quantitative estimate of drug-likeness (QED) is 0.760. The Morgan fingerprint density at radius 1 is 1.25 bits per heavy atom. The monoisotopic (exact) mass is 236 g/mol. The summed E-state index contributed by atoms with van der Waals surface area (Å²) in [5.41, 5.74) is 8.51. The Hall–Kier alpha value is -1.63. The molecule has 1 amide bonds. The van der Waals surface area contributed by atoms with Gasteiger partial charge >= 0.3 is 6.18 Å². The molecule has 16 heavy (non-hydrogen) atoms. The lowest BCUT2D eigenvalue weighted by molar-refractivity contribution is -0.138. The first-order valence-corrected chi connectivity index (χ1v) is 4.14. The Kier molecular flexibility index (Phi) is 3.18. The van der Waals surface area contributed by atoms with Crippen molar-refractivity contribution >= 4 is 5.91 Å². The van der Waals surface area contributed by atoms with Crippen LogP contribution in [0.15, 0.2) is 18.2 Å². The van der Waals surface area contributed by atoms with Crippen LogP contribution in [0.25, 0.3) is 0 Å². The number of benzene rings is 1. The number of alkyl halides is 3. The van der Waals surface area contributed by atoms with Gasteiger partial charge in [0.05, 0.1) is 5.56 Å². The largest absolute Gasteiger partial charge is 0.416 e. The molecule has 0 aromatic heterocycles. The first-order valence-electron chi connectivity index (χ1n) is 4.14. The maximum Gasteiger partial charge on any atom is 0.416 e. The summed E-state index contributed by atoms with van der Waals surface area (Å²) in [4.78, 5) is 10.7. The smallest absolute Gasteiger partial charge is 0.368 e. The first kappa shape index (κ1) is 12.4. The van der Waals surface area contributed by atoms with Crippen LogP contribution in [0, 0.1) is 5.82 Å². The molecule has 4 N–H and O–H groups in total. The Morgan fingerprint density at radius 2 is 1.81 bits per heavy atom. The van der Waals surface area contributed by atoms with Crippen LogP contribution in [-0.4, -0.2) is 5.91 Å². The zero-order valence-corrected chi connectivity index (χ0v) is 7.88. The van der Waals surface area contributed by atoms with Crippen LogP contribution in [0.4, 0.5) is 17.6 Å². The SMILES string of the molecule is NC(=O)C(N)c1cc(F)cc(C(F)(F)F)c1. The molecule has 0 aliphatic rings. The summed E-state index contributed by atoms with van der Waals surface area (Å²) in [6, 6.07) is 0.192. The highest BCUT2D eigenvalue weighted by Crippen LogP contribution is 2.31. The zero-order valence-electron chi connectivity index (χ0n) is 7.88. The highest BCUT2D eigenvalue weighted by atomic mass is 19.4. The van der Waals surface area contributed by atoms with Gasteiger partial charge in [0.15, 0.2) is 0 Å². The minimum absolute atomic E-state index is 0.306. The number of nitrogens with two attached hydrogens (primary N) is 2. The number of rotatable bonds is 2. The van der Waals surface area contributed by atoms with Gasteiger partial charge in [0.1, 0.15) is 11.9 Å². The highest BCUT2D eigenvalue weighted by molar-refractivity contribution is 5.81. The molecule has 1 aromatic rings. The average Bonchev–Trinajstić information content (AvgIpc) is 2.14. The lowest BCUT2D eigenvalue weighted by Crippen LogP contribution is -2.28. The van der Waals surface area contributed by atoms with E-state index >= 15 is 0 Å². The summed E-state index contributed by atoms with van der Waals surface area (Å²) in [7, 11) is 0. The fourth-order valence-electron chi connectivity index (χ4n) is 1.12. The van der Waals surface area contributed by atoms with Crippen LogP contribution in [0.2, 0.25) is 0 Å². The molecule has 88 valence electrons. The fourth-order valence-corrected chi connectivity index (χ4v) is 1.12. The Bertz CT molecular complexity index is 416. The van der Waals surface area contributed by atoms with Gasteiger partial charge in [-0.3, -0.25) is 4.79 Å².